The Morgan fingerprint density at radius 1 is 0.963 bits per heavy atom. The van der Waals surface area contributed by atoms with Crippen LogP contribution in [0.4, 0.5) is 13.2 Å². The minimum atomic E-state index is -4.43. The highest BCUT2D eigenvalue weighted by atomic mass is 35.5. The molecule has 0 bridgehead atoms. The molecule has 0 amide bonds. The number of hydrogen-bond donors (Lipinski definition) is 1. The number of benzene rings is 2. The van der Waals surface area contributed by atoms with Gasteiger partial charge in [-0.05, 0) is 41.9 Å². The van der Waals surface area contributed by atoms with E-state index in [0.717, 1.165) is 12.6 Å². The maximum Gasteiger partial charge on any atom is 0.417 e. The van der Waals surface area contributed by atoms with Gasteiger partial charge in [-0.1, -0.05) is 73.3 Å². The van der Waals surface area contributed by atoms with Crippen molar-refractivity contribution in [2.75, 3.05) is 6.54 Å². The Morgan fingerprint density at radius 2 is 1.67 bits per heavy atom. The molecule has 1 N–H and O–H groups in total. The van der Waals surface area contributed by atoms with Gasteiger partial charge in [0.1, 0.15) is 0 Å². The Kier molecular flexibility index (Phi) is 6.83. The van der Waals surface area contributed by atoms with E-state index in [9.17, 15) is 13.2 Å². The maximum absolute atomic E-state index is 13.0. The van der Waals surface area contributed by atoms with Crippen molar-refractivity contribution in [2.24, 2.45) is 5.92 Å². The lowest BCUT2D eigenvalue weighted by Crippen LogP contribution is -2.28. The number of hydrogen-bond acceptors (Lipinski definition) is 1. The second kappa shape index (κ2) is 9.11. The average Bonchev–Trinajstić information content (AvgIpc) is 2.67. The van der Waals surface area contributed by atoms with Crippen molar-refractivity contribution >= 4 is 11.6 Å². The highest BCUT2D eigenvalue weighted by Gasteiger charge is 2.33. The monoisotopic (exact) mass is 395 g/mol. The SMILES string of the molecule is FC(F)(F)c1cccc(CNCC(c2ccccc2)C2CCCCC2)c1Cl. The predicted molar refractivity (Wildman–Crippen MR) is 104 cm³/mol. The summed E-state index contributed by atoms with van der Waals surface area (Å²) >= 11 is 6.01. The van der Waals surface area contributed by atoms with Crippen LogP contribution in [0.3, 0.4) is 0 Å². The topological polar surface area (TPSA) is 12.0 Å². The summed E-state index contributed by atoms with van der Waals surface area (Å²) in [4.78, 5) is 0. The van der Waals surface area contributed by atoms with Gasteiger partial charge in [0.2, 0.25) is 0 Å². The Labute approximate surface area is 163 Å². The second-order valence-electron chi connectivity index (χ2n) is 7.32. The summed E-state index contributed by atoms with van der Waals surface area (Å²) in [6, 6.07) is 14.5. The summed E-state index contributed by atoms with van der Waals surface area (Å²) in [5.41, 5.74) is 1.02. The lowest BCUT2D eigenvalue weighted by molar-refractivity contribution is -0.137. The lowest BCUT2D eigenvalue weighted by atomic mass is 9.77. The van der Waals surface area contributed by atoms with Crippen molar-refractivity contribution in [1.29, 1.82) is 0 Å². The highest BCUT2D eigenvalue weighted by molar-refractivity contribution is 6.32. The summed E-state index contributed by atoms with van der Waals surface area (Å²) in [6.45, 7) is 1.07. The van der Waals surface area contributed by atoms with Crippen LogP contribution in [0.1, 0.15) is 54.7 Å². The van der Waals surface area contributed by atoms with Crippen LogP contribution in [-0.2, 0) is 12.7 Å². The molecule has 1 saturated carbocycles. The minimum Gasteiger partial charge on any atom is -0.312 e. The molecule has 0 radical (unpaired) electrons. The van der Waals surface area contributed by atoms with Crippen molar-refractivity contribution in [3.63, 3.8) is 0 Å². The van der Waals surface area contributed by atoms with E-state index in [1.54, 1.807) is 6.07 Å². The summed E-state index contributed by atoms with van der Waals surface area (Å²) in [6.07, 6.45) is 1.81. The number of halogens is 4. The molecule has 1 atom stereocenters. The first kappa shape index (κ1) is 20.2. The first-order valence-electron chi connectivity index (χ1n) is 9.57. The third-order valence-corrected chi connectivity index (χ3v) is 5.96. The van der Waals surface area contributed by atoms with E-state index >= 15 is 0 Å². The van der Waals surface area contributed by atoms with Gasteiger partial charge in [-0.2, -0.15) is 13.2 Å². The van der Waals surface area contributed by atoms with E-state index in [4.69, 9.17) is 11.6 Å². The fourth-order valence-corrected chi connectivity index (χ4v) is 4.39. The van der Waals surface area contributed by atoms with E-state index in [-0.39, 0.29) is 5.02 Å². The summed E-state index contributed by atoms with van der Waals surface area (Å²) < 4.78 is 39.1. The molecule has 1 aliphatic rings. The van der Waals surface area contributed by atoms with Crippen LogP contribution in [0.15, 0.2) is 48.5 Å². The van der Waals surface area contributed by atoms with Crippen molar-refractivity contribution in [3.05, 3.63) is 70.2 Å². The van der Waals surface area contributed by atoms with E-state index in [0.29, 0.717) is 23.9 Å². The Morgan fingerprint density at radius 3 is 2.33 bits per heavy atom. The van der Waals surface area contributed by atoms with Crippen molar-refractivity contribution < 1.29 is 13.2 Å². The Balaban J connectivity index is 1.69. The second-order valence-corrected chi connectivity index (χ2v) is 7.70. The third kappa shape index (κ3) is 5.26. The molecule has 2 aromatic rings. The van der Waals surface area contributed by atoms with Crippen LogP contribution in [0.25, 0.3) is 0 Å². The molecule has 146 valence electrons. The Hall–Kier alpha value is -1.52. The number of nitrogens with one attached hydrogen (secondary N) is 1. The van der Waals surface area contributed by atoms with Crippen LogP contribution in [-0.4, -0.2) is 6.54 Å². The molecule has 27 heavy (non-hydrogen) atoms. The molecule has 0 spiro atoms. The lowest BCUT2D eigenvalue weighted by Gasteiger charge is -2.31. The molecule has 0 saturated heterocycles. The van der Waals surface area contributed by atoms with Gasteiger partial charge in [0, 0.05) is 13.1 Å². The zero-order valence-corrected chi connectivity index (χ0v) is 16.0. The molecule has 0 aromatic heterocycles. The number of alkyl halides is 3. The first-order valence-corrected chi connectivity index (χ1v) is 9.95. The van der Waals surface area contributed by atoms with Crippen LogP contribution in [0.2, 0.25) is 5.02 Å². The summed E-state index contributed by atoms with van der Waals surface area (Å²) in [5, 5.41) is 3.16. The van der Waals surface area contributed by atoms with Gasteiger partial charge in [-0.3, -0.25) is 0 Å². The van der Waals surface area contributed by atoms with E-state index in [1.165, 1.54) is 43.7 Å². The maximum atomic E-state index is 13.0. The minimum absolute atomic E-state index is 0.202. The van der Waals surface area contributed by atoms with Crippen LogP contribution < -0.4 is 5.32 Å². The molecule has 2 aromatic carbocycles. The van der Waals surface area contributed by atoms with E-state index in [2.05, 4.69) is 29.6 Å². The molecule has 1 aliphatic carbocycles. The highest BCUT2D eigenvalue weighted by Crippen LogP contribution is 2.37. The fourth-order valence-electron chi connectivity index (χ4n) is 4.09. The molecular weight excluding hydrogens is 371 g/mol. The third-order valence-electron chi connectivity index (χ3n) is 5.51. The Bertz CT molecular complexity index is 724. The molecule has 1 fully saturated rings. The van der Waals surface area contributed by atoms with Gasteiger partial charge >= 0.3 is 6.18 Å². The molecule has 5 heteroatoms. The van der Waals surface area contributed by atoms with Crippen LogP contribution in [0.5, 0.6) is 0 Å². The largest absolute Gasteiger partial charge is 0.417 e. The van der Waals surface area contributed by atoms with Gasteiger partial charge in [-0.15, -0.1) is 0 Å². The quantitative estimate of drug-likeness (QED) is 0.566. The number of rotatable bonds is 6. The summed E-state index contributed by atoms with van der Waals surface area (Å²) in [5.74, 6) is 0.988. The smallest absolute Gasteiger partial charge is 0.312 e. The van der Waals surface area contributed by atoms with Crippen molar-refractivity contribution in [2.45, 2.75) is 50.7 Å². The van der Waals surface area contributed by atoms with Gasteiger partial charge in [0.05, 0.1) is 10.6 Å². The molecule has 0 heterocycles. The van der Waals surface area contributed by atoms with Gasteiger partial charge in [-0.25, -0.2) is 0 Å². The molecular formula is C22H25ClF3N. The van der Waals surface area contributed by atoms with Crippen LogP contribution >= 0.6 is 11.6 Å². The van der Waals surface area contributed by atoms with Crippen molar-refractivity contribution in [1.82, 2.24) is 5.32 Å². The zero-order chi connectivity index (χ0) is 19.3. The zero-order valence-electron chi connectivity index (χ0n) is 15.2. The fraction of sp³-hybridized carbons (Fsp3) is 0.455. The van der Waals surface area contributed by atoms with Crippen LogP contribution in [0, 0.1) is 5.92 Å². The predicted octanol–water partition coefficient (Wildman–Crippen LogP) is 6.81. The molecule has 3 rings (SSSR count). The van der Waals surface area contributed by atoms with Gasteiger partial charge in [0.25, 0.3) is 0 Å². The summed E-state index contributed by atoms with van der Waals surface area (Å²) in [7, 11) is 0. The van der Waals surface area contributed by atoms with E-state index in [1.807, 2.05) is 6.07 Å². The van der Waals surface area contributed by atoms with Crippen molar-refractivity contribution in [3.8, 4) is 0 Å². The molecule has 1 unspecified atom stereocenters. The van der Waals surface area contributed by atoms with Gasteiger partial charge < -0.3 is 5.32 Å². The first-order chi connectivity index (χ1) is 13.0. The molecule has 1 nitrogen and oxygen atoms in total. The van der Waals surface area contributed by atoms with Gasteiger partial charge in [0.15, 0.2) is 0 Å². The van der Waals surface area contributed by atoms with E-state index < -0.39 is 11.7 Å². The molecule has 0 aliphatic heterocycles. The standard InChI is InChI=1S/C22H25ClF3N/c23-21-18(12-7-13-20(21)22(24,25)26)14-27-15-19(16-8-3-1-4-9-16)17-10-5-2-6-11-17/h1,3-4,7-9,12-13,17,19,27H,2,5-6,10-11,14-15H2. The normalized spacial score (nSPS) is 17.0. The average molecular weight is 396 g/mol.